The quantitative estimate of drug-likeness (QED) is 0.227. The van der Waals surface area contributed by atoms with Crippen molar-refractivity contribution in [2.75, 3.05) is 31.7 Å². The molecule has 8 nitrogen and oxygen atoms in total. The lowest BCUT2D eigenvalue weighted by atomic mass is 9.85. The summed E-state index contributed by atoms with van der Waals surface area (Å²) in [4.78, 5) is 30.5. The predicted molar refractivity (Wildman–Crippen MR) is 168 cm³/mol. The normalized spacial score (nSPS) is 25.2. The number of anilines is 1. The Labute approximate surface area is 275 Å². The first-order chi connectivity index (χ1) is 23.0. The number of hydrogen-bond acceptors (Lipinski definition) is 7. The number of carbonyl (C=O) groups excluding carboxylic acids is 2. The fraction of sp³-hybridized carbons (Fsp3) is 0.444. The van der Waals surface area contributed by atoms with Gasteiger partial charge in [0, 0.05) is 47.6 Å². The number of likely N-dealkylation sites (tertiary alicyclic amines) is 1. The van der Waals surface area contributed by atoms with Gasteiger partial charge in [-0.15, -0.1) is 0 Å². The van der Waals surface area contributed by atoms with Crippen LogP contribution >= 0.6 is 0 Å². The molecule has 1 aliphatic carbocycles. The van der Waals surface area contributed by atoms with Gasteiger partial charge in [-0.3, -0.25) is 14.5 Å². The molecule has 0 bridgehead atoms. The lowest BCUT2D eigenvalue weighted by Crippen LogP contribution is -2.58. The Morgan fingerprint density at radius 1 is 1.00 bits per heavy atom. The van der Waals surface area contributed by atoms with Gasteiger partial charge in [0.15, 0.2) is 12.5 Å². The molecule has 3 heterocycles. The Morgan fingerprint density at radius 2 is 1.79 bits per heavy atom. The number of aliphatic hydroxyl groups excluding tert-OH is 1. The van der Waals surface area contributed by atoms with E-state index in [0.29, 0.717) is 42.1 Å². The number of halogens is 4. The van der Waals surface area contributed by atoms with Crippen molar-refractivity contribution in [2.45, 2.75) is 68.6 Å². The third-order valence-corrected chi connectivity index (χ3v) is 10.1. The highest BCUT2D eigenvalue weighted by Gasteiger charge is 2.56. The van der Waals surface area contributed by atoms with Gasteiger partial charge in [0.1, 0.15) is 23.3 Å². The number of Topliss-reactive ketones (excluding diaryl/α,β-unsaturated/α-hetero) is 1. The average Bonchev–Trinajstić information content (AvgIpc) is 3.86. The second-order valence-corrected chi connectivity index (χ2v) is 13.3. The van der Waals surface area contributed by atoms with Crippen LogP contribution in [0.25, 0.3) is 0 Å². The van der Waals surface area contributed by atoms with E-state index in [4.69, 9.17) is 9.47 Å². The van der Waals surface area contributed by atoms with Crippen molar-refractivity contribution < 1.29 is 41.7 Å². The zero-order valence-electron chi connectivity index (χ0n) is 26.2. The zero-order chi connectivity index (χ0) is 33.6. The fourth-order valence-electron chi connectivity index (χ4n) is 7.32. The molecular weight excluding hydrogens is 630 g/mol. The highest BCUT2D eigenvalue weighted by Crippen LogP contribution is 2.49. The third kappa shape index (κ3) is 6.40. The van der Waals surface area contributed by atoms with Crippen molar-refractivity contribution in [3.63, 3.8) is 0 Å². The molecule has 48 heavy (non-hydrogen) atoms. The molecule has 3 aliphatic heterocycles. The number of ketones is 1. The van der Waals surface area contributed by atoms with Crippen LogP contribution in [0.5, 0.6) is 5.75 Å². The largest absolute Gasteiger partial charge is 0.473 e. The van der Waals surface area contributed by atoms with Crippen LogP contribution in [0, 0.1) is 11.7 Å². The van der Waals surface area contributed by atoms with Crippen LogP contribution in [0.3, 0.4) is 0 Å². The van der Waals surface area contributed by atoms with E-state index in [1.165, 1.54) is 23.1 Å². The Bertz CT molecular complexity index is 1670. The van der Waals surface area contributed by atoms with Crippen molar-refractivity contribution in [2.24, 2.45) is 5.92 Å². The van der Waals surface area contributed by atoms with Crippen LogP contribution in [0.15, 0.2) is 66.7 Å². The van der Waals surface area contributed by atoms with E-state index in [0.717, 1.165) is 44.4 Å². The van der Waals surface area contributed by atoms with Gasteiger partial charge in [0.2, 0.25) is 0 Å². The van der Waals surface area contributed by atoms with Crippen LogP contribution in [0.2, 0.25) is 0 Å². The van der Waals surface area contributed by atoms with E-state index in [-0.39, 0.29) is 42.7 Å². The van der Waals surface area contributed by atoms with Crippen molar-refractivity contribution in [3.8, 4) is 5.75 Å². The van der Waals surface area contributed by atoms with Crippen LogP contribution in [0.1, 0.15) is 65.3 Å². The molecule has 2 N–H and O–H groups in total. The van der Waals surface area contributed by atoms with Gasteiger partial charge >= 0.3 is 6.18 Å². The number of rotatable bonds is 8. The topological polar surface area (TPSA) is 91.3 Å². The summed E-state index contributed by atoms with van der Waals surface area (Å²) in [6.45, 7) is 1.82. The minimum absolute atomic E-state index is 0.0291. The second kappa shape index (κ2) is 12.8. The first-order valence-corrected chi connectivity index (χ1v) is 16.4. The van der Waals surface area contributed by atoms with Crippen molar-refractivity contribution >= 4 is 17.4 Å². The molecule has 3 aromatic rings. The van der Waals surface area contributed by atoms with Crippen LogP contribution in [-0.2, 0) is 22.3 Å². The first-order valence-electron chi connectivity index (χ1n) is 16.4. The summed E-state index contributed by atoms with van der Waals surface area (Å²) in [5.41, 5.74) is -0.658. The molecule has 2 saturated heterocycles. The molecule has 0 radical (unpaired) electrons. The summed E-state index contributed by atoms with van der Waals surface area (Å²) >= 11 is 0. The van der Waals surface area contributed by atoms with Gasteiger partial charge in [0.25, 0.3) is 5.91 Å². The summed E-state index contributed by atoms with van der Waals surface area (Å²) in [6.07, 6.45) is -2.35. The minimum atomic E-state index is -4.49. The van der Waals surface area contributed by atoms with E-state index >= 15 is 0 Å². The van der Waals surface area contributed by atoms with Crippen LogP contribution in [-0.4, -0.2) is 70.7 Å². The van der Waals surface area contributed by atoms with E-state index in [1.807, 2.05) is 0 Å². The molecule has 1 saturated carbocycles. The Kier molecular flexibility index (Phi) is 8.67. The zero-order valence-corrected chi connectivity index (χ0v) is 26.2. The maximum Gasteiger partial charge on any atom is 0.416 e. The van der Waals surface area contributed by atoms with Crippen molar-refractivity contribution in [1.82, 2.24) is 9.80 Å². The van der Waals surface area contributed by atoms with Crippen molar-refractivity contribution in [3.05, 3.63) is 94.8 Å². The SMILES string of the molecule is O=C(c1ccccc1)C(O)c1cc(N[C@@H]2CCN([C@@H]3CC[C@@](C(=O)N4COc5ccc(C(F)(F)F)cc5C4)(C4CC4)OC3)C2)ccc1F. The Morgan fingerprint density at radius 3 is 2.50 bits per heavy atom. The maximum atomic E-state index is 14.7. The molecule has 4 aliphatic rings. The lowest BCUT2D eigenvalue weighted by Gasteiger charge is -2.44. The van der Waals surface area contributed by atoms with Gasteiger partial charge in [-0.25, -0.2) is 4.39 Å². The second-order valence-electron chi connectivity index (χ2n) is 13.3. The maximum absolute atomic E-state index is 14.7. The van der Waals surface area contributed by atoms with E-state index < -0.39 is 35.0 Å². The monoisotopic (exact) mass is 667 g/mol. The van der Waals surface area contributed by atoms with E-state index in [2.05, 4.69) is 10.2 Å². The predicted octanol–water partition coefficient (Wildman–Crippen LogP) is 5.95. The van der Waals surface area contributed by atoms with Gasteiger partial charge in [0.05, 0.1) is 18.7 Å². The summed E-state index contributed by atoms with van der Waals surface area (Å²) in [5, 5.41) is 14.1. The number of fused-ring (bicyclic) bond motifs is 1. The van der Waals surface area contributed by atoms with E-state index in [1.54, 1.807) is 36.4 Å². The lowest BCUT2D eigenvalue weighted by molar-refractivity contribution is -0.179. The van der Waals surface area contributed by atoms with Gasteiger partial charge in [-0.1, -0.05) is 30.3 Å². The summed E-state index contributed by atoms with van der Waals surface area (Å²) < 4.78 is 66.9. The number of nitrogens with one attached hydrogen (secondary N) is 1. The summed E-state index contributed by atoms with van der Waals surface area (Å²) in [7, 11) is 0. The smallest absolute Gasteiger partial charge is 0.416 e. The molecule has 1 unspecified atom stereocenters. The van der Waals surface area contributed by atoms with Gasteiger partial charge in [-0.05, 0) is 74.4 Å². The number of amides is 1. The van der Waals surface area contributed by atoms with E-state index in [9.17, 15) is 32.3 Å². The molecule has 3 aromatic carbocycles. The summed E-state index contributed by atoms with van der Waals surface area (Å²) in [6, 6.07) is 16.1. The number of aliphatic hydroxyl groups is 1. The molecule has 3 fully saturated rings. The van der Waals surface area contributed by atoms with Crippen molar-refractivity contribution in [1.29, 1.82) is 0 Å². The number of benzene rings is 3. The standard InChI is InChI=1S/C36H37F4N3O5/c37-30-10-9-26(17-29(30)33(45)32(44)22-4-2-1-3-5-22)41-27-13-15-42(19-27)28-12-14-35(48-20-28,24-6-7-24)34(46)43-18-23-16-25(36(38,39)40)8-11-31(23)47-21-43/h1-5,8-11,16-17,24,27-28,33,41,45H,6-7,12-15,18-21H2/t27-,28-,33?,35+/m1/s1. The highest BCUT2D eigenvalue weighted by atomic mass is 19.4. The molecule has 1 amide bonds. The highest BCUT2D eigenvalue weighted by molar-refractivity contribution is 6.00. The molecule has 4 atom stereocenters. The number of alkyl halides is 3. The third-order valence-electron chi connectivity index (χ3n) is 10.1. The molecular formula is C36H37F4N3O5. The summed E-state index contributed by atoms with van der Waals surface area (Å²) in [5.74, 6) is -1.05. The molecule has 7 rings (SSSR count). The number of carbonyl (C=O) groups is 2. The average molecular weight is 668 g/mol. The Hall–Kier alpha value is -4.00. The Balaban J connectivity index is 0.965. The molecule has 12 heteroatoms. The minimum Gasteiger partial charge on any atom is -0.473 e. The number of nitrogens with zero attached hydrogens (tertiary/aromatic N) is 2. The van der Waals surface area contributed by atoms with Crippen LogP contribution < -0.4 is 10.1 Å². The molecule has 254 valence electrons. The number of hydrogen-bond donors (Lipinski definition) is 2. The number of ether oxygens (including phenoxy) is 2. The molecule has 0 aromatic heterocycles. The van der Waals surface area contributed by atoms with Gasteiger partial charge in [-0.2, -0.15) is 13.2 Å². The first kappa shape index (κ1) is 32.5. The fourth-order valence-corrected chi connectivity index (χ4v) is 7.32. The molecule has 0 spiro atoms. The van der Waals surface area contributed by atoms with Crippen LogP contribution in [0.4, 0.5) is 23.2 Å². The van der Waals surface area contributed by atoms with Gasteiger partial charge < -0.3 is 24.8 Å².